The number of hydrogen-bond acceptors (Lipinski definition) is 2. The summed E-state index contributed by atoms with van der Waals surface area (Å²) in [5.41, 5.74) is 0. The maximum atomic E-state index is 3.79. The summed E-state index contributed by atoms with van der Waals surface area (Å²) in [5, 5.41) is 3.79. The quantitative estimate of drug-likeness (QED) is 0.817. The fraction of sp³-hybridized carbons (Fsp3) is 1.00. The number of rotatable bonds is 5. The molecule has 5 atom stereocenters. The van der Waals surface area contributed by atoms with Crippen LogP contribution in [0, 0.1) is 11.8 Å². The van der Waals surface area contributed by atoms with Gasteiger partial charge in [-0.05, 0) is 64.0 Å². The van der Waals surface area contributed by atoms with Crippen LogP contribution in [0.5, 0.6) is 0 Å². The Hall–Kier alpha value is -0.0800. The highest BCUT2D eigenvalue weighted by molar-refractivity contribution is 4.94. The van der Waals surface area contributed by atoms with E-state index in [1.165, 1.54) is 51.5 Å². The van der Waals surface area contributed by atoms with Crippen molar-refractivity contribution >= 4 is 0 Å². The third-order valence-corrected chi connectivity index (χ3v) is 5.94. The molecule has 0 aromatic heterocycles. The molecule has 2 rings (SSSR count). The van der Waals surface area contributed by atoms with E-state index in [0.717, 1.165) is 36.5 Å². The normalized spacial score (nSPS) is 39.9. The Morgan fingerprint density at radius 1 is 1.10 bits per heavy atom. The summed E-state index contributed by atoms with van der Waals surface area (Å²) in [6.07, 6.45) is 9.89. The average Bonchev–Trinajstić information content (AvgIpc) is 2.44. The van der Waals surface area contributed by atoms with Crippen LogP contribution in [0.1, 0.15) is 72.6 Å². The van der Waals surface area contributed by atoms with Crippen molar-refractivity contribution in [2.75, 3.05) is 13.1 Å². The summed E-state index contributed by atoms with van der Waals surface area (Å²) in [6, 6.07) is 2.30. The molecule has 2 fully saturated rings. The SMILES string of the molecule is CCCC1CCC(NCC)C(N2CCCC(C)C2C)C1. The van der Waals surface area contributed by atoms with Crippen LogP contribution in [-0.4, -0.2) is 36.1 Å². The molecule has 1 heterocycles. The molecule has 2 nitrogen and oxygen atoms in total. The Kier molecular flexibility index (Phi) is 6.35. The predicted molar refractivity (Wildman–Crippen MR) is 88.1 cm³/mol. The third-order valence-electron chi connectivity index (χ3n) is 5.94. The Morgan fingerprint density at radius 3 is 2.60 bits per heavy atom. The van der Waals surface area contributed by atoms with Gasteiger partial charge in [0, 0.05) is 18.1 Å². The average molecular weight is 281 g/mol. The summed E-state index contributed by atoms with van der Waals surface area (Å²) in [5.74, 6) is 1.85. The van der Waals surface area contributed by atoms with Crippen LogP contribution in [-0.2, 0) is 0 Å². The maximum Gasteiger partial charge on any atom is 0.0254 e. The summed E-state index contributed by atoms with van der Waals surface area (Å²) in [4.78, 5) is 2.86. The molecule has 0 amide bonds. The zero-order chi connectivity index (χ0) is 14.5. The van der Waals surface area contributed by atoms with Crippen molar-refractivity contribution in [3.8, 4) is 0 Å². The second-order valence-corrected chi connectivity index (χ2v) is 7.30. The first-order chi connectivity index (χ1) is 9.67. The highest BCUT2D eigenvalue weighted by atomic mass is 15.2. The molecule has 1 aliphatic heterocycles. The zero-order valence-corrected chi connectivity index (χ0v) is 14.2. The Labute approximate surface area is 126 Å². The Balaban J connectivity index is 2.05. The van der Waals surface area contributed by atoms with E-state index < -0.39 is 0 Å². The predicted octanol–water partition coefficient (Wildman–Crippen LogP) is 4.05. The van der Waals surface area contributed by atoms with Crippen LogP contribution in [0.15, 0.2) is 0 Å². The van der Waals surface area contributed by atoms with E-state index in [1.807, 2.05) is 0 Å². The zero-order valence-electron chi connectivity index (χ0n) is 14.2. The summed E-state index contributed by atoms with van der Waals surface area (Å²) >= 11 is 0. The van der Waals surface area contributed by atoms with Crippen molar-refractivity contribution in [3.63, 3.8) is 0 Å². The van der Waals surface area contributed by atoms with Gasteiger partial charge in [-0.2, -0.15) is 0 Å². The van der Waals surface area contributed by atoms with Crippen molar-refractivity contribution in [3.05, 3.63) is 0 Å². The minimum Gasteiger partial charge on any atom is -0.313 e. The van der Waals surface area contributed by atoms with Crippen molar-refractivity contribution in [2.45, 2.75) is 90.8 Å². The molecule has 1 saturated carbocycles. The first kappa shape index (κ1) is 16.3. The molecular weight excluding hydrogens is 244 g/mol. The van der Waals surface area contributed by atoms with Gasteiger partial charge >= 0.3 is 0 Å². The minimum atomic E-state index is 0.737. The summed E-state index contributed by atoms with van der Waals surface area (Å²) in [6.45, 7) is 12.0. The van der Waals surface area contributed by atoms with Crippen molar-refractivity contribution in [1.29, 1.82) is 0 Å². The summed E-state index contributed by atoms with van der Waals surface area (Å²) in [7, 11) is 0. The van der Waals surface area contributed by atoms with Crippen LogP contribution < -0.4 is 5.32 Å². The minimum absolute atomic E-state index is 0.737. The largest absolute Gasteiger partial charge is 0.313 e. The number of hydrogen-bond donors (Lipinski definition) is 1. The van der Waals surface area contributed by atoms with E-state index in [9.17, 15) is 0 Å². The summed E-state index contributed by atoms with van der Waals surface area (Å²) < 4.78 is 0. The van der Waals surface area contributed by atoms with Gasteiger partial charge in [0.05, 0.1) is 0 Å². The number of likely N-dealkylation sites (N-methyl/N-ethyl adjacent to an activating group) is 1. The van der Waals surface area contributed by atoms with Crippen LogP contribution in [0.4, 0.5) is 0 Å². The number of nitrogens with zero attached hydrogens (tertiary/aromatic N) is 1. The molecule has 2 heteroatoms. The molecule has 1 saturated heterocycles. The third kappa shape index (κ3) is 3.76. The maximum absolute atomic E-state index is 3.79. The Bertz CT molecular complexity index is 279. The van der Waals surface area contributed by atoms with E-state index in [1.54, 1.807) is 0 Å². The van der Waals surface area contributed by atoms with Crippen molar-refractivity contribution < 1.29 is 0 Å². The van der Waals surface area contributed by atoms with Gasteiger partial charge in [-0.3, -0.25) is 4.90 Å². The first-order valence-corrected chi connectivity index (χ1v) is 9.16. The molecule has 0 spiro atoms. The standard InChI is InChI=1S/C18H36N2/c1-5-8-16-10-11-17(19-6-2)18(13-16)20-12-7-9-14(3)15(20)4/h14-19H,5-13H2,1-4H3. The van der Waals surface area contributed by atoms with Crippen LogP contribution in [0.2, 0.25) is 0 Å². The molecule has 118 valence electrons. The topological polar surface area (TPSA) is 15.3 Å². The molecule has 0 radical (unpaired) electrons. The molecule has 0 aromatic carbocycles. The fourth-order valence-electron chi connectivity index (χ4n) is 4.60. The van der Waals surface area contributed by atoms with Crippen LogP contribution >= 0.6 is 0 Å². The van der Waals surface area contributed by atoms with Crippen molar-refractivity contribution in [1.82, 2.24) is 10.2 Å². The second-order valence-electron chi connectivity index (χ2n) is 7.30. The van der Waals surface area contributed by atoms with Gasteiger partial charge in [-0.25, -0.2) is 0 Å². The van der Waals surface area contributed by atoms with Gasteiger partial charge in [-0.15, -0.1) is 0 Å². The van der Waals surface area contributed by atoms with Gasteiger partial charge in [0.1, 0.15) is 0 Å². The molecule has 0 aromatic rings. The van der Waals surface area contributed by atoms with E-state index in [-0.39, 0.29) is 0 Å². The molecule has 1 N–H and O–H groups in total. The Morgan fingerprint density at radius 2 is 1.90 bits per heavy atom. The van der Waals surface area contributed by atoms with Crippen molar-refractivity contribution in [2.24, 2.45) is 11.8 Å². The van der Waals surface area contributed by atoms with Gasteiger partial charge < -0.3 is 5.32 Å². The van der Waals surface area contributed by atoms with E-state index in [2.05, 4.69) is 37.9 Å². The number of nitrogens with one attached hydrogen (secondary N) is 1. The smallest absolute Gasteiger partial charge is 0.0254 e. The van der Waals surface area contributed by atoms with E-state index >= 15 is 0 Å². The van der Waals surface area contributed by atoms with Gasteiger partial charge in [0.2, 0.25) is 0 Å². The highest BCUT2D eigenvalue weighted by Gasteiger charge is 2.37. The molecular formula is C18H36N2. The first-order valence-electron chi connectivity index (χ1n) is 9.16. The highest BCUT2D eigenvalue weighted by Crippen LogP contribution is 2.35. The van der Waals surface area contributed by atoms with E-state index in [4.69, 9.17) is 0 Å². The number of likely N-dealkylation sites (tertiary alicyclic amines) is 1. The molecule has 2 aliphatic rings. The van der Waals surface area contributed by atoms with E-state index in [0.29, 0.717) is 0 Å². The monoisotopic (exact) mass is 280 g/mol. The lowest BCUT2D eigenvalue weighted by Gasteiger charge is -2.49. The molecule has 0 bridgehead atoms. The van der Waals surface area contributed by atoms with Gasteiger partial charge in [0.15, 0.2) is 0 Å². The van der Waals surface area contributed by atoms with Gasteiger partial charge in [-0.1, -0.05) is 33.6 Å². The molecule has 1 aliphatic carbocycles. The molecule has 20 heavy (non-hydrogen) atoms. The fourth-order valence-corrected chi connectivity index (χ4v) is 4.60. The lowest BCUT2D eigenvalue weighted by Crippen LogP contribution is -2.58. The van der Waals surface area contributed by atoms with Crippen LogP contribution in [0.3, 0.4) is 0 Å². The van der Waals surface area contributed by atoms with Crippen LogP contribution in [0.25, 0.3) is 0 Å². The lowest BCUT2D eigenvalue weighted by atomic mass is 9.77. The number of piperidine rings is 1. The molecule has 5 unspecified atom stereocenters. The lowest BCUT2D eigenvalue weighted by molar-refractivity contribution is 0.0198. The second kappa shape index (κ2) is 7.79. The van der Waals surface area contributed by atoms with Gasteiger partial charge in [0.25, 0.3) is 0 Å².